The number of aryl methyl sites for hydroxylation is 1. The molecule has 1 amide bonds. The lowest BCUT2D eigenvalue weighted by molar-refractivity contribution is -0.174. The predicted molar refractivity (Wildman–Crippen MR) is 121 cm³/mol. The highest BCUT2D eigenvalue weighted by atomic mass is 19.4. The van der Waals surface area contributed by atoms with Gasteiger partial charge in [0.05, 0.1) is 17.4 Å². The summed E-state index contributed by atoms with van der Waals surface area (Å²) in [5, 5.41) is 6.27. The van der Waals surface area contributed by atoms with E-state index in [1.807, 2.05) is 56.4 Å². The van der Waals surface area contributed by atoms with Crippen molar-refractivity contribution in [2.75, 3.05) is 23.4 Å². The fraction of sp³-hybridized carbons (Fsp3) is 0.375. The fourth-order valence-electron chi connectivity index (χ4n) is 4.84. The Hall–Kier alpha value is -3.56. The monoisotopic (exact) mass is 471 g/mol. The molecule has 34 heavy (non-hydrogen) atoms. The predicted octanol–water partition coefficient (Wildman–Crippen LogP) is 4.77. The van der Waals surface area contributed by atoms with Crippen LogP contribution in [0.15, 0.2) is 47.0 Å². The van der Waals surface area contributed by atoms with Crippen LogP contribution in [0.2, 0.25) is 0 Å². The number of fused-ring (bicyclic) bond motifs is 5. The van der Waals surface area contributed by atoms with Gasteiger partial charge >= 0.3 is 12.1 Å². The molecule has 0 radical (unpaired) electrons. The Kier molecular flexibility index (Phi) is 5.45. The topological polar surface area (TPSA) is 74.5 Å². The number of para-hydroxylation sites is 1. The van der Waals surface area contributed by atoms with Crippen molar-refractivity contribution in [3.05, 3.63) is 53.9 Å². The number of alkyl halides is 3. The average Bonchev–Trinajstić information content (AvgIpc) is 3.29. The van der Waals surface area contributed by atoms with Crippen molar-refractivity contribution in [3.63, 3.8) is 0 Å². The number of halogens is 3. The maximum absolute atomic E-state index is 12.8. The number of piperidine rings is 1. The summed E-state index contributed by atoms with van der Waals surface area (Å²) >= 11 is 0. The van der Waals surface area contributed by atoms with Crippen LogP contribution >= 0.6 is 0 Å². The van der Waals surface area contributed by atoms with Crippen LogP contribution in [0.5, 0.6) is 0 Å². The number of carbonyl (C=O) groups is 1. The fourth-order valence-corrected chi connectivity index (χ4v) is 4.84. The van der Waals surface area contributed by atoms with E-state index in [1.165, 1.54) is 0 Å². The van der Waals surface area contributed by atoms with Crippen LogP contribution in [0.3, 0.4) is 0 Å². The van der Waals surface area contributed by atoms with Crippen molar-refractivity contribution < 1.29 is 22.5 Å². The minimum Gasteiger partial charge on any atom is -0.363 e. The zero-order valence-electron chi connectivity index (χ0n) is 18.8. The van der Waals surface area contributed by atoms with Crippen molar-refractivity contribution in [2.45, 2.75) is 44.4 Å². The Morgan fingerprint density at radius 3 is 2.71 bits per heavy atom. The first kappa shape index (κ1) is 22.2. The van der Waals surface area contributed by atoms with Gasteiger partial charge < -0.3 is 19.6 Å². The van der Waals surface area contributed by atoms with Crippen LogP contribution in [0.1, 0.15) is 37.3 Å². The third kappa shape index (κ3) is 3.86. The lowest BCUT2D eigenvalue weighted by Gasteiger charge is -2.41. The van der Waals surface area contributed by atoms with Crippen molar-refractivity contribution in [3.8, 4) is 11.4 Å². The van der Waals surface area contributed by atoms with Crippen LogP contribution in [0.25, 0.3) is 11.4 Å². The molecule has 1 N–H and O–H groups in total. The number of amides is 1. The van der Waals surface area contributed by atoms with Crippen LogP contribution in [0, 0.1) is 0 Å². The summed E-state index contributed by atoms with van der Waals surface area (Å²) in [6, 6.07) is 13.0. The Morgan fingerprint density at radius 2 is 1.97 bits per heavy atom. The molecular weight excluding hydrogens is 447 g/mol. The summed E-state index contributed by atoms with van der Waals surface area (Å²) < 4.78 is 43.8. The van der Waals surface area contributed by atoms with Crippen molar-refractivity contribution in [1.82, 2.24) is 15.5 Å². The van der Waals surface area contributed by atoms with E-state index in [9.17, 15) is 18.0 Å². The third-order valence-corrected chi connectivity index (χ3v) is 6.53. The van der Waals surface area contributed by atoms with Crippen LogP contribution < -0.4 is 15.1 Å². The number of hydrogen-bond acceptors (Lipinski definition) is 6. The molecule has 2 atom stereocenters. The van der Waals surface area contributed by atoms with E-state index in [-0.39, 0.29) is 6.04 Å². The average molecular weight is 471 g/mol. The van der Waals surface area contributed by atoms with Gasteiger partial charge in [0.15, 0.2) is 0 Å². The molecule has 3 aromatic rings. The molecule has 1 aromatic heterocycles. The minimum absolute atomic E-state index is 0.185. The molecule has 0 spiro atoms. The highest BCUT2D eigenvalue weighted by molar-refractivity contribution is 5.85. The quantitative estimate of drug-likeness (QED) is 0.593. The summed E-state index contributed by atoms with van der Waals surface area (Å²) in [5.41, 5.74) is 4.68. The number of aromatic nitrogens is 2. The van der Waals surface area contributed by atoms with Crippen LogP contribution in [-0.4, -0.2) is 41.9 Å². The van der Waals surface area contributed by atoms with E-state index in [0.717, 1.165) is 28.2 Å². The molecular formula is C24H24F3N5O2. The normalized spacial score (nSPS) is 19.7. The first-order chi connectivity index (χ1) is 16.3. The number of rotatable bonds is 3. The summed E-state index contributed by atoms with van der Waals surface area (Å²) in [6.07, 6.45) is -3.46. The number of hydrogen-bond donors (Lipinski definition) is 1. The molecule has 0 saturated carbocycles. The largest absolute Gasteiger partial charge is 0.471 e. The van der Waals surface area contributed by atoms with Gasteiger partial charge in [0.1, 0.15) is 0 Å². The molecule has 2 aliphatic rings. The zero-order chi connectivity index (χ0) is 24.0. The minimum atomic E-state index is -4.89. The van der Waals surface area contributed by atoms with Crippen molar-refractivity contribution in [2.24, 2.45) is 0 Å². The first-order valence-electron chi connectivity index (χ1n) is 11.2. The van der Waals surface area contributed by atoms with E-state index < -0.39 is 18.1 Å². The van der Waals surface area contributed by atoms with Crippen molar-refractivity contribution >= 4 is 23.0 Å². The van der Waals surface area contributed by atoms with Gasteiger partial charge in [0.25, 0.3) is 0 Å². The molecule has 10 heteroatoms. The second-order valence-electron chi connectivity index (χ2n) is 8.59. The number of anilines is 3. The lowest BCUT2D eigenvalue weighted by Crippen LogP contribution is -2.49. The van der Waals surface area contributed by atoms with E-state index in [2.05, 4.69) is 25.3 Å². The Labute approximate surface area is 194 Å². The summed E-state index contributed by atoms with van der Waals surface area (Å²) in [6.45, 7) is 2.45. The SMILES string of the molecule is CCc1nc(-c2ccc3c(c2)N(C)c2ccccc2C2CC(NC(=O)C(F)(F)F)CCN32)no1. The van der Waals surface area contributed by atoms with Gasteiger partial charge in [-0.3, -0.25) is 4.79 Å². The number of carbonyl (C=O) groups excluding carboxylic acids is 1. The Balaban J connectivity index is 1.54. The molecule has 1 saturated heterocycles. The molecule has 2 aliphatic heterocycles. The molecule has 1 fully saturated rings. The summed E-state index contributed by atoms with van der Waals surface area (Å²) in [7, 11) is 1.97. The van der Waals surface area contributed by atoms with Gasteiger partial charge in [-0.05, 0) is 42.7 Å². The van der Waals surface area contributed by atoms with Gasteiger partial charge in [-0.2, -0.15) is 18.2 Å². The van der Waals surface area contributed by atoms with E-state index in [0.29, 0.717) is 37.5 Å². The Morgan fingerprint density at radius 1 is 1.18 bits per heavy atom. The molecule has 2 unspecified atom stereocenters. The molecule has 5 rings (SSSR count). The zero-order valence-corrected chi connectivity index (χ0v) is 18.8. The lowest BCUT2D eigenvalue weighted by atomic mass is 9.90. The highest BCUT2D eigenvalue weighted by Crippen LogP contribution is 2.48. The smallest absolute Gasteiger partial charge is 0.363 e. The van der Waals surface area contributed by atoms with Gasteiger partial charge in [0, 0.05) is 37.3 Å². The molecule has 3 heterocycles. The first-order valence-corrected chi connectivity index (χ1v) is 11.2. The summed E-state index contributed by atoms with van der Waals surface area (Å²) in [4.78, 5) is 20.3. The second-order valence-corrected chi connectivity index (χ2v) is 8.59. The van der Waals surface area contributed by atoms with Gasteiger partial charge in [0.2, 0.25) is 11.7 Å². The van der Waals surface area contributed by atoms with Gasteiger partial charge in [-0.1, -0.05) is 30.3 Å². The van der Waals surface area contributed by atoms with E-state index in [4.69, 9.17) is 4.52 Å². The molecule has 178 valence electrons. The standard InChI is InChI=1S/C24H24F3N5O2/c1-3-21-29-22(30-34-21)14-8-9-18-20(12-14)31(2)17-7-5-4-6-16(17)19-13-15(10-11-32(18)19)28-23(33)24(25,26)27/h4-9,12,15,19H,3,10-11,13H2,1-2H3,(H,28,33). The highest BCUT2D eigenvalue weighted by Gasteiger charge is 2.42. The maximum Gasteiger partial charge on any atom is 0.471 e. The maximum atomic E-state index is 12.8. The van der Waals surface area contributed by atoms with Gasteiger partial charge in [-0.25, -0.2) is 0 Å². The van der Waals surface area contributed by atoms with E-state index in [1.54, 1.807) is 0 Å². The molecule has 0 aliphatic carbocycles. The number of nitrogens with one attached hydrogen (secondary N) is 1. The van der Waals surface area contributed by atoms with Crippen molar-refractivity contribution in [1.29, 1.82) is 0 Å². The Bertz CT molecular complexity index is 1230. The van der Waals surface area contributed by atoms with E-state index >= 15 is 0 Å². The molecule has 0 bridgehead atoms. The summed E-state index contributed by atoms with van der Waals surface area (Å²) in [5.74, 6) is -0.816. The second kappa shape index (κ2) is 8.34. The van der Waals surface area contributed by atoms with Crippen LogP contribution in [0.4, 0.5) is 30.2 Å². The number of benzene rings is 2. The molecule has 7 nitrogen and oxygen atoms in total. The third-order valence-electron chi connectivity index (χ3n) is 6.53. The van der Waals surface area contributed by atoms with Crippen LogP contribution in [-0.2, 0) is 11.2 Å². The molecule has 2 aromatic carbocycles. The number of nitrogens with zero attached hydrogens (tertiary/aromatic N) is 4. The van der Waals surface area contributed by atoms with Gasteiger partial charge in [-0.15, -0.1) is 0 Å².